The molecule has 3 aromatic rings. The van der Waals surface area contributed by atoms with Crippen LogP contribution in [0.4, 0.5) is 15.8 Å². The van der Waals surface area contributed by atoms with Crippen molar-refractivity contribution < 1.29 is 14.0 Å². The average Bonchev–Trinajstić information content (AvgIpc) is 3.29. The molecule has 2 amide bonds. The molecule has 172 valence electrons. The van der Waals surface area contributed by atoms with Gasteiger partial charge in [0.2, 0.25) is 10.8 Å². The van der Waals surface area contributed by atoms with Crippen LogP contribution in [0.1, 0.15) is 43.9 Å². The van der Waals surface area contributed by atoms with Gasteiger partial charge in [0, 0.05) is 22.2 Å². The van der Waals surface area contributed by atoms with Crippen molar-refractivity contribution in [3.05, 3.63) is 95.3 Å². The Morgan fingerprint density at radius 3 is 2.21 bits per heavy atom. The molecule has 0 aromatic heterocycles. The number of benzene rings is 3. The van der Waals surface area contributed by atoms with Gasteiger partial charge in [0.05, 0.1) is 11.4 Å². The van der Waals surface area contributed by atoms with Crippen molar-refractivity contribution in [1.29, 1.82) is 0 Å². The zero-order chi connectivity index (χ0) is 23.9. The van der Waals surface area contributed by atoms with Crippen LogP contribution in [0.15, 0.2) is 72.8 Å². The minimum absolute atomic E-state index is 0.102. The number of fused-ring (bicyclic) bond motifs is 1. The highest BCUT2D eigenvalue weighted by atomic mass is 32.2. The topological polar surface area (TPSA) is 40.6 Å². The second-order valence-electron chi connectivity index (χ2n) is 10.2. The van der Waals surface area contributed by atoms with Crippen molar-refractivity contribution in [1.82, 2.24) is 0 Å². The molecule has 3 aromatic carbocycles. The standard InChI is InChI=1S/C28H25FN2O2S/c1-26(2)17-27(3,18-8-5-4-6-9-18)21-10-7-11-22-24(21)31(26)25(33)28(22)30(23(32)16-34-28)20-14-12-19(29)13-15-20/h4-15H,16-17H2,1-3H3/t27-,28-/m1/s1. The number of thioether (sulfide) groups is 1. The van der Waals surface area contributed by atoms with Gasteiger partial charge in [-0.1, -0.05) is 55.5 Å². The number of hydrogen-bond donors (Lipinski definition) is 0. The van der Waals surface area contributed by atoms with Gasteiger partial charge in [0.25, 0.3) is 5.91 Å². The Labute approximate surface area is 202 Å². The Bertz CT molecular complexity index is 1340. The van der Waals surface area contributed by atoms with Crippen molar-refractivity contribution in [2.24, 2.45) is 0 Å². The van der Waals surface area contributed by atoms with Crippen LogP contribution in [0.5, 0.6) is 0 Å². The van der Waals surface area contributed by atoms with Gasteiger partial charge in [-0.15, -0.1) is 11.8 Å². The third-order valence-corrected chi connectivity index (χ3v) is 8.95. The molecule has 2 atom stereocenters. The predicted molar refractivity (Wildman–Crippen MR) is 134 cm³/mol. The van der Waals surface area contributed by atoms with Crippen molar-refractivity contribution in [2.75, 3.05) is 15.6 Å². The van der Waals surface area contributed by atoms with Gasteiger partial charge in [-0.25, -0.2) is 4.39 Å². The second kappa shape index (κ2) is 6.95. The van der Waals surface area contributed by atoms with Gasteiger partial charge in [-0.05, 0) is 55.7 Å². The lowest BCUT2D eigenvalue weighted by Crippen LogP contribution is -2.58. The molecule has 4 nitrogen and oxygen atoms in total. The van der Waals surface area contributed by atoms with Crippen LogP contribution >= 0.6 is 11.8 Å². The number of anilines is 2. The summed E-state index contributed by atoms with van der Waals surface area (Å²) < 4.78 is 13.7. The molecule has 3 aliphatic rings. The molecule has 0 N–H and O–H groups in total. The number of nitrogens with zero attached hydrogens (tertiary/aromatic N) is 2. The highest BCUT2D eigenvalue weighted by Gasteiger charge is 2.65. The molecule has 1 saturated heterocycles. The summed E-state index contributed by atoms with van der Waals surface area (Å²) in [6.07, 6.45) is 0.747. The fourth-order valence-corrected chi connectivity index (χ4v) is 7.63. The quantitative estimate of drug-likeness (QED) is 0.488. The molecule has 0 radical (unpaired) electrons. The largest absolute Gasteiger partial charge is 0.303 e. The van der Waals surface area contributed by atoms with Crippen molar-refractivity contribution >= 4 is 35.0 Å². The van der Waals surface area contributed by atoms with E-state index in [1.165, 1.54) is 29.5 Å². The summed E-state index contributed by atoms with van der Waals surface area (Å²) >= 11 is 1.36. The smallest absolute Gasteiger partial charge is 0.269 e. The first-order chi connectivity index (χ1) is 16.2. The molecular weight excluding hydrogens is 447 g/mol. The molecule has 0 aliphatic carbocycles. The fraction of sp³-hybridized carbons (Fsp3) is 0.286. The summed E-state index contributed by atoms with van der Waals surface area (Å²) in [5.74, 6) is -0.435. The van der Waals surface area contributed by atoms with E-state index in [-0.39, 0.29) is 28.8 Å². The van der Waals surface area contributed by atoms with Gasteiger partial charge in [-0.3, -0.25) is 14.5 Å². The van der Waals surface area contributed by atoms with E-state index in [4.69, 9.17) is 0 Å². The van der Waals surface area contributed by atoms with E-state index in [2.05, 4.69) is 51.1 Å². The van der Waals surface area contributed by atoms with Crippen LogP contribution in [-0.2, 0) is 19.9 Å². The summed E-state index contributed by atoms with van der Waals surface area (Å²) in [5, 5.41) is 0. The maximum Gasteiger partial charge on any atom is 0.269 e. The van der Waals surface area contributed by atoms with Crippen molar-refractivity contribution in [2.45, 2.75) is 43.0 Å². The average molecular weight is 473 g/mol. The summed E-state index contributed by atoms with van der Waals surface area (Å²) in [5.41, 5.74) is 3.80. The van der Waals surface area contributed by atoms with Crippen LogP contribution in [0.2, 0.25) is 0 Å². The summed E-state index contributed by atoms with van der Waals surface area (Å²) in [6, 6.07) is 22.3. The monoisotopic (exact) mass is 472 g/mol. The third kappa shape index (κ3) is 2.60. The maximum atomic E-state index is 14.4. The maximum absolute atomic E-state index is 14.4. The number of hydrogen-bond acceptors (Lipinski definition) is 3. The van der Waals surface area contributed by atoms with Gasteiger partial charge in [-0.2, -0.15) is 0 Å². The van der Waals surface area contributed by atoms with E-state index in [0.29, 0.717) is 5.69 Å². The first-order valence-corrected chi connectivity index (χ1v) is 12.5. The Morgan fingerprint density at radius 2 is 1.50 bits per heavy atom. The molecule has 1 fully saturated rings. The molecule has 34 heavy (non-hydrogen) atoms. The number of carbonyl (C=O) groups excluding carboxylic acids is 2. The number of carbonyl (C=O) groups is 2. The molecule has 1 spiro atoms. The minimum atomic E-state index is -1.19. The highest BCUT2D eigenvalue weighted by Crippen LogP contribution is 2.62. The fourth-order valence-electron chi connectivity index (χ4n) is 6.29. The van der Waals surface area contributed by atoms with Gasteiger partial charge in [0.15, 0.2) is 0 Å². The summed E-state index contributed by atoms with van der Waals surface area (Å²) in [6.45, 7) is 6.46. The van der Waals surface area contributed by atoms with E-state index < -0.39 is 10.4 Å². The normalized spacial score (nSPS) is 26.9. The van der Waals surface area contributed by atoms with Crippen molar-refractivity contribution in [3.63, 3.8) is 0 Å². The summed E-state index contributed by atoms with van der Waals surface area (Å²) in [4.78, 5) is 29.9. The van der Waals surface area contributed by atoms with Crippen LogP contribution in [0.25, 0.3) is 0 Å². The zero-order valence-corrected chi connectivity index (χ0v) is 20.2. The minimum Gasteiger partial charge on any atom is -0.303 e. The van der Waals surface area contributed by atoms with Crippen LogP contribution in [0.3, 0.4) is 0 Å². The first kappa shape index (κ1) is 21.4. The van der Waals surface area contributed by atoms with Gasteiger partial charge < -0.3 is 4.90 Å². The Kier molecular flexibility index (Phi) is 4.38. The molecule has 3 aliphatic heterocycles. The zero-order valence-electron chi connectivity index (χ0n) is 19.3. The molecular formula is C28H25FN2O2S. The van der Waals surface area contributed by atoms with Gasteiger partial charge in [0.1, 0.15) is 5.82 Å². The molecule has 0 unspecified atom stereocenters. The van der Waals surface area contributed by atoms with E-state index in [1.54, 1.807) is 17.0 Å². The predicted octanol–water partition coefficient (Wildman–Crippen LogP) is 5.59. The lowest BCUT2D eigenvalue weighted by Gasteiger charge is -2.50. The number of halogens is 1. The van der Waals surface area contributed by atoms with Crippen molar-refractivity contribution in [3.8, 4) is 0 Å². The van der Waals surface area contributed by atoms with Crippen LogP contribution in [0, 0.1) is 5.82 Å². The lowest BCUT2D eigenvalue weighted by molar-refractivity contribution is -0.124. The van der Waals surface area contributed by atoms with E-state index in [9.17, 15) is 14.0 Å². The van der Waals surface area contributed by atoms with Gasteiger partial charge >= 0.3 is 0 Å². The molecule has 0 saturated carbocycles. The van der Waals surface area contributed by atoms with Crippen LogP contribution in [-0.4, -0.2) is 23.1 Å². The Hall–Kier alpha value is -3.12. The van der Waals surface area contributed by atoms with E-state index in [1.807, 2.05) is 23.1 Å². The lowest BCUT2D eigenvalue weighted by atomic mass is 9.65. The molecule has 6 heteroatoms. The number of para-hydroxylation sites is 1. The number of rotatable bonds is 2. The Morgan fingerprint density at radius 1 is 0.824 bits per heavy atom. The van der Waals surface area contributed by atoms with Crippen LogP contribution < -0.4 is 9.80 Å². The highest BCUT2D eigenvalue weighted by molar-refractivity contribution is 8.02. The molecule has 0 bridgehead atoms. The first-order valence-electron chi connectivity index (χ1n) is 11.5. The molecule has 3 heterocycles. The second-order valence-corrected chi connectivity index (χ2v) is 11.3. The summed E-state index contributed by atoms with van der Waals surface area (Å²) in [7, 11) is 0. The Balaban J connectivity index is 1.63. The third-order valence-electron chi connectivity index (χ3n) is 7.57. The van der Waals surface area contributed by atoms with E-state index in [0.717, 1.165) is 23.2 Å². The number of amides is 2. The van der Waals surface area contributed by atoms with E-state index >= 15 is 0 Å². The molecule has 6 rings (SSSR count). The SMILES string of the molecule is CC1(C)C[C@](C)(c2ccccc2)c2cccc3c2N1C(=O)[C@]31SCC(=O)N1c1ccc(F)cc1.